The van der Waals surface area contributed by atoms with E-state index in [1.165, 1.54) is 0 Å². The molecule has 5 aromatic rings. The molecule has 6 rings (SSSR count). The molecule has 0 saturated heterocycles. The maximum absolute atomic E-state index is 15.4. The molecule has 0 saturated carbocycles. The van der Waals surface area contributed by atoms with Crippen LogP contribution in [0.3, 0.4) is 0 Å². The van der Waals surface area contributed by atoms with E-state index in [4.69, 9.17) is 0 Å². The Morgan fingerprint density at radius 2 is 1.03 bits per heavy atom. The number of hydrogen-bond acceptors (Lipinski definition) is 2. The van der Waals surface area contributed by atoms with Crippen LogP contribution in [-0.2, 0) is 22.0 Å². The van der Waals surface area contributed by atoms with Gasteiger partial charge >= 0.3 is 0 Å². The van der Waals surface area contributed by atoms with Crippen molar-refractivity contribution in [1.29, 1.82) is 0 Å². The molecule has 190 valence electrons. The van der Waals surface area contributed by atoms with E-state index >= 15 is 4.57 Å². The topological polar surface area (TPSA) is 51.1 Å². The predicted octanol–water partition coefficient (Wildman–Crippen LogP) is 5.40. The maximum Gasteiger partial charge on any atom is 0.240 e. The van der Waals surface area contributed by atoms with Crippen molar-refractivity contribution < 1.29 is 9.13 Å². The van der Waals surface area contributed by atoms with Crippen LogP contribution < -0.4 is 31.7 Å². The third kappa shape index (κ3) is 4.00. The van der Waals surface area contributed by atoms with Gasteiger partial charge in [-0.1, -0.05) is 97.1 Å². The molecule has 1 N–H and O–H groups in total. The van der Waals surface area contributed by atoms with Crippen molar-refractivity contribution >= 4 is 41.0 Å². The lowest BCUT2D eigenvalue weighted by atomic mass is 10.2. The summed E-state index contributed by atoms with van der Waals surface area (Å²) < 4.78 is 32.3. The van der Waals surface area contributed by atoms with E-state index in [9.17, 15) is 4.57 Å². The zero-order chi connectivity index (χ0) is 26.2. The van der Waals surface area contributed by atoms with Crippen molar-refractivity contribution in [1.82, 2.24) is 4.68 Å². The number of rotatable bonds is 7. The van der Waals surface area contributed by atoms with Gasteiger partial charge in [0.1, 0.15) is 0 Å². The minimum absolute atomic E-state index is 0.738. The molecule has 6 heteroatoms. The lowest BCUT2D eigenvalue weighted by Gasteiger charge is -2.25. The molecular weight excluding hydrogens is 506 g/mol. The first-order valence-electron chi connectivity index (χ1n) is 13.0. The second-order valence-electron chi connectivity index (χ2n) is 9.71. The van der Waals surface area contributed by atoms with Gasteiger partial charge in [0, 0.05) is 37.9 Å². The normalized spacial score (nSPS) is 13.3. The second-order valence-corrected chi connectivity index (χ2v) is 14.9. The van der Waals surface area contributed by atoms with Crippen LogP contribution in [0.15, 0.2) is 121 Å². The summed E-state index contributed by atoms with van der Waals surface area (Å²) >= 11 is 0. The number of nitrogens with one attached hydrogen (secondary N) is 1. The van der Waals surface area contributed by atoms with Crippen molar-refractivity contribution in [3.8, 4) is 0 Å². The molecule has 0 amide bonds. The highest BCUT2D eigenvalue weighted by molar-refractivity contribution is 7.85. The van der Waals surface area contributed by atoms with E-state index in [-0.39, 0.29) is 0 Å². The summed E-state index contributed by atoms with van der Waals surface area (Å²) in [6.07, 6.45) is 2.67. The average molecular weight is 537 g/mol. The van der Waals surface area contributed by atoms with Gasteiger partial charge in [0.05, 0.1) is 0 Å². The Balaban J connectivity index is 1.59. The standard InChI is InChI=1S/C32H30N2O2P2/c1-25-32(37(35,26-15-6-2-7-16-26)27-17-8-3-9-18-27)30-23-14-24-31(30)34(25)33-38(36,28-19-10-4-11-20-28)29-21-12-5-13-22-29/h2-13,15-22H,14,23-24H2,1H3,(H,33,36). The van der Waals surface area contributed by atoms with Crippen LogP contribution in [0.5, 0.6) is 0 Å². The van der Waals surface area contributed by atoms with E-state index in [2.05, 4.69) is 5.20 Å². The number of nitrogens with zero attached hydrogens (tertiary/aromatic N) is 1. The largest absolute Gasteiger partial charge is 0.309 e. The number of hydrogen-bond donors (Lipinski definition) is 1. The molecule has 1 heterocycles. The highest BCUT2D eigenvalue weighted by Crippen LogP contribution is 2.48. The van der Waals surface area contributed by atoms with Gasteiger partial charge in [-0.25, -0.2) is 0 Å². The fourth-order valence-corrected chi connectivity index (χ4v) is 11.1. The molecule has 0 radical (unpaired) electrons. The molecule has 0 spiro atoms. The summed E-state index contributed by atoms with van der Waals surface area (Å²) in [5.74, 6) is 0. The highest BCUT2D eigenvalue weighted by Gasteiger charge is 2.40. The molecule has 0 atom stereocenters. The van der Waals surface area contributed by atoms with Crippen LogP contribution >= 0.6 is 14.4 Å². The van der Waals surface area contributed by atoms with Crippen LogP contribution in [0.2, 0.25) is 0 Å². The molecule has 4 nitrogen and oxygen atoms in total. The molecule has 4 aromatic carbocycles. The van der Waals surface area contributed by atoms with Crippen LogP contribution in [0, 0.1) is 6.92 Å². The van der Waals surface area contributed by atoms with Gasteiger partial charge in [-0.2, -0.15) is 0 Å². The van der Waals surface area contributed by atoms with Gasteiger partial charge in [-0.3, -0.25) is 14.4 Å². The van der Waals surface area contributed by atoms with Gasteiger partial charge in [-0.05, 0) is 56.0 Å². The Morgan fingerprint density at radius 1 is 0.605 bits per heavy atom. The molecule has 0 unspecified atom stereocenters. The van der Waals surface area contributed by atoms with Gasteiger partial charge in [0.15, 0.2) is 7.14 Å². The smallest absolute Gasteiger partial charge is 0.240 e. The SMILES string of the molecule is Cc1c(P(=O)(c2ccccc2)c2ccccc2)c2c(n1NP(=O)(c1ccccc1)c1ccccc1)CCC2. The summed E-state index contributed by atoms with van der Waals surface area (Å²) in [7, 11) is -6.46. The maximum atomic E-state index is 15.4. The monoisotopic (exact) mass is 536 g/mol. The quantitative estimate of drug-likeness (QED) is 0.284. The number of benzene rings is 4. The molecule has 1 aliphatic carbocycles. The van der Waals surface area contributed by atoms with Crippen molar-refractivity contribution in [3.05, 3.63) is 138 Å². The summed E-state index contributed by atoms with van der Waals surface area (Å²) in [6, 6.07) is 38.8. The molecule has 0 bridgehead atoms. The fraction of sp³-hybridized carbons (Fsp3) is 0.125. The summed E-state index contributed by atoms with van der Waals surface area (Å²) in [5, 5.41) is 7.49. The van der Waals surface area contributed by atoms with E-state index in [1.807, 2.05) is 133 Å². The van der Waals surface area contributed by atoms with E-state index < -0.39 is 14.4 Å². The van der Waals surface area contributed by atoms with Gasteiger partial charge in [0.2, 0.25) is 7.29 Å². The molecule has 1 aliphatic rings. The highest BCUT2D eigenvalue weighted by atomic mass is 31.2. The summed E-state index contributed by atoms with van der Waals surface area (Å²) in [4.78, 5) is 0. The van der Waals surface area contributed by atoms with Gasteiger partial charge in [0.25, 0.3) is 0 Å². The Hall–Kier alpha value is -3.58. The van der Waals surface area contributed by atoms with Crippen LogP contribution in [0.1, 0.15) is 23.4 Å². The average Bonchev–Trinajstić information content (AvgIpc) is 3.55. The van der Waals surface area contributed by atoms with Crippen LogP contribution in [0.4, 0.5) is 0 Å². The lowest BCUT2D eigenvalue weighted by molar-refractivity contribution is 0.585. The predicted molar refractivity (Wildman–Crippen MR) is 160 cm³/mol. The zero-order valence-corrected chi connectivity index (χ0v) is 23.1. The Labute approximate surface area is 224 Å². The molecule has 0 fully saturated rings. The van der Waals surface area contributed by atoms with E-state index in [1.54, 1.807) is 0 Å². The van der Waals surface area contributed by atoms with E-state index in [0.717, 1.165) is 62.7 Å². The van der Waals surface area contributed by atoms with Crippen molar-refractivity contribution in [2.24, 2.45) is 0 Å². The minimum Gasteiger partial charge on any atom is -0.309 e. The second kappa shape index (κ2) is 9.95. The van der Waals surface area contributed by atoms with Crippen molar-refractivity contribution in [2.45, 2.75) is 26.2 Å². The van der Waals surface area contributed by atoms with Crippen molar-refractivity contribution in [3.63, 3.8) is 0 Å². The molecule has 1 aromatic heterocycles. The first-order chi connectivity index (χ1) is 18.5. The summed E-state index contributed by atoms with van der Waals surface area (Å²) in [5.41, 5.74) is 3.06. The molecular formula is C32H30N2O2P2. The Kier molecular flexibility index (Phi) is 6.48. The van der Waals surface area contributed by atoms with Crippen molar-refractivity contribution in [2.75, 3.05) is 5.20 Å². The first kappa shape index (κ1) is 24.7. The Morgan fingerprint density at radius 3 is 1.47 bits per heavy atom. The van der Waals surface area contributed by atoms with Gasteiger partial charge < -0.3 is 4.57 Å². The third-order valence-electron chi connectivity index (χ3n) is 7.46. The van der Waals surface area contributed by atoms with Crippen LogP contribution in [0.25, 0.3) is 0 Å². The number of fused-ring (bicyclic) bond motifs is 1. The fourth-order valence-electron chi connectivity index (χ4n) is 5.67. The van der Waals surface area contributed by atoms with Crippen LogP contribution in [-0.4, -0.2) is 4.68 Å². The third-order valence-corrected chi connectivity index (χ3v) is 13.3. The zero-order valence-electron chi connectivity index (χ0n) is 21.3. The van der Waals surface area contributed by atoms with Gasteiger partial charge in [-0.15, -0.1) is 0 Å². The van der Waals surface area contributed by atoms with E-state index in [0.29, 0.717) is 0 Å². The minimum atomic E-state index is -3.26. The first-order valence-corrected chi connectivity index (χ1v) is 16.4. The number of aromatic nitrogens is 1. The molecule has 38 heavy (non-hydrogen) atoms. The lowest BCUT2D eigenvalue weighted by Crippen LogP contribution is -2.31. The molecule has 0 aliphatic heterocycles. The summed E-state index contributed by atoms with van der Waals surface area (Å²) in [6.45, 7) is 2.01. The Bertz CT molecular complexity index is 1580.